The minimum absolute atomic E-state index is 0.294. The highest BCUT2D eigenvalue weighted by molar-refractivity contribution is 5.26. The Morgan fingerprint density at radius 3 is 2.68 bits per heavy atom. The molecule has 0 bridgehead atoms. The van der Waals surface area contributed by atoms with E-state index in [0.29, 0.717) is 18.3 Å². The third kappa shape index (κ3) is 5.55. The molecule has 1 aromatic heterocycles. The Kier molecular flexibility index (Phi) is 5.73. The molecular weight excluding hydrogens is 243 g/mol. The van der Waals surface area contributed by atoms with Gasteiger partial charge in [0.15, 0.2) is 0 Å². The zero-order chi connectivity index (χ0) is 14.5. The summed E-state index contributed by atoms with van der Waals surface area (Å²) in [4.78, 5) is 4.07. The Labute approximate surface area is 115 Å². The van der Waals surface area contributed by atoms with Gasteiger partial charge in [0, 0.05) is 12.1 Å². The van der Waals surface area contributed by atoms with Crippen molar-refractivity contribution in [2.45, 2.75) is 53.2 Å². The summed E-state index contributed by atoms with van der Waals surface area (Å²) in [5, 5.41) is 3.29. The Morgan fingerprint density at radius 2 is 2.11 bits per heavy atom. The lowest BCUT2D eigenvalue weighted by molar-refractivity contribution is 0.0971. The summed E-state index contributed by atoms with van der Waals surface area (Å²) in [5.41, 5.74) is 0.472. The standard InChI is InChI=1S/C15H25FN2O/c1-6-15(4,5)19-14-12(7-13(16)10-18-14)9-17-8-11(2)3/h7,10-11,17H,6,8-9H2,1-5H3. The van der Waals surface area contributed by atoms with Crippen LogP contribution < -0.4 is 10.1 Å². The van der Waals surface area contributed by atoms with Crippen molar-refractivity contribution in [2.24, 2.45) is 5.92 Å². The normalized spacial score (nSPS) is 11.9. The van der Waals surface area contributed by atoms with Crippen LogP contribution in [0.5, 0.6) is 5.88 Å². The van der Waals surface area contributed by atoms with Gasteiger partial charge in [-0.3, -0.25) is 0 Å². The molecule has 0 fully saturated rings. The van der Waals surface area contributed by atoms with E-state index in [2.05, 4.69) is 31.1 Å². The number of aromatic nitrogens is 1. The maximum absolute atomic E-state index is 13.3. The van der Waals surface area contributed by atoms with Gasteiger partial charge in [0.05, 0.1) is 6.20 Å². The van der Waals surface area contributed by atoms with Crippen molar-refractivity contribution in [3.05, 3.63) is 23.6 Å². The summed E-state index contributed by atoms with van der Waals surface area (Å²) >= 11 is 0. The fourth-order valence-corrected chi connectivity index (χ4v) is 1.52. The first kappa shape index (κ1) is 15.9. The largest absolute Gasteiger partial charge is 0.471 e. The highest BCUT2D eigenvalue weighted by atomic mass is 19.1. The van der Waals surface area contributed by atoms with Gasteiger partial charge in [0.2, 0.25) is 5.88 Å². The van der Waals surface area contributed by atoms with Gasteiger partial charge in [-0.25, -0.2) is 9.37 Å². The van der Waals surface area contributed by atoms with Crippen molar-refractivity contribution in [3.8, 4) is 5.88 Å². The highest BCUT2D eigenvalue weighted by Crippen LogP contribution is 2.23. The second-order valence-electron chi connectivity index (χ2n) is 5.86. The van der Waals surface area contributed by atoms with E-state index in [1.165, 1.54) is 12.3 Å². The van der Waals surface area contributed by atoms with Crippen LogP contribution in [0, 0.1) is 11.7 Å². The Balaban J connectivity index is 2.79. The lowest BCUT2D eigenvalue weighted by atomic mass is 10.1. The number of nitrogens with zero attached hydrogens (tertiary/aromatic N) is 1. The third-order valence-corrected chi connectivity index (χ3v) is 2.98. The van der Waals surface area contributed by atoms with Crippen LogP contribution in [0.15, 0.2) is 12.3 Å². The molecule has 1 aromatic rings. The lowest BCUT2D eigenvalue weighted by Gasteiger charge is -2.25. The molecule has 0 saturated carbocycles. The molecule has 1 rings (SSSR count). The van der Waals surface area contributed by atoms with Gasteiger partial charge in [-0.05, 0) is 38.8 Å². The molecule has 19 heavy (non-hydrogen) atoms. The monoisotopic (exact) mass is 268 g/mol. The zero-order valence-electron chi connectivity index (χ0n) is 12.6. The number of ether oxygens (including phenoxy) is 1. The summed E-state index contributed by atoms with van der Waals surface area (Å²) < 4.78 is 19.2. The topological polar surface area (TPSA) is 34.1 Å². The molecule has 1 heterocycles. The molecule has 4 heteroatoms. The average molecular weight is 268 g/mol. The number of hydrogen-bond donors (Lipinski definition) is 1. The average Bonchev–Trinajstić information content (AvgIpc) is 2.32. The summed E-state index contributed by atoms with van der Waals surface area (Å²) in [6.45, 7) is 11.8. The minimum Gasteiger partial charge on any atom is -0.471 e. The van der Waals surface area contributed by atoms with E-state index in [-0.39, 0.29) is 11.4 Å². The molecule has 0 atom stereocenters. The van der Waals surface area contributed by atoms with Crippen molar-refractivity contribution in [1.82, 2.24) is 10.3 Å². The molecule has 108 valence electrons. The quantitative estimate of drug-likeness (QED) is 0.821. The van der Waals surface area contributed by atoms with Gasteiger partial charge in [0.25, 0.3) is 0 Å². The molecule has 0 aliphatic rings. The van der Waals surface area contributed by atoms with Crippen LogP contribution >= 0.6 is 0 Å². The molecule has 0 spiro atoms. The zero-order valence-corrected chi connectivity index (χ0v) is 12.6. The van der Waals surface area contributed by atoms with Gasteiger partial charge in [-0.15, -0.1) is 0 Å². The fourth-order valence-electron chi connectivity index (χ4n) is 1.52. The van der Waals surface area contributed by atoms with E-state index in [1.807, 2.05) is 13.8 Å². The van der Waals surface area contributed by atoms with Crippen LogP contribution in [0.3, 0.4) is 0 Å². The molecule has 0 amide bonds. The van der Waals surface area contributed by atoms with Crippen molar-refractivity contribution in [2.75, 3.05) is 6.54 Å². The van der Waals surface area contributed by atoms with Crippen molar-refractivity contribution < 1.29 is 9.13 Å². The molecular formula is C15H25FN2O. The second-order valence-corrected chi connectivity index (χ2v) is 5.86. The van der Waals surface area contributed by atoms with Crippen LogP contribution in [-0.2, 0) is 6.54 Å². The highest BCUT2D eigenvalue weighted by Gasteiger charge is 2.20. The minimum atomic E-state index is -0.331. The van der Waals surface area contributed by atoms with Crippen LogP contribution in [-0.4, -0.2) is 17.1 Å². The fraction of sp³-hybridized carbons (Fsp3) is 0.667. The Morgan fingerprint density at radius 1 is 1.42 bits per heavy atom. The molecule has 3 nitrogen and oxygen atoms in total. The van der Waals surface area contributed by atoms with Crippen molar-refractivity contribution in [3.63, 3.8) is 0 Å². The van der Waals surface area contributed by atoms with E-state index in [1.54, 1.807) is 0 Å². The lowest BCUT2D eigenvalue weighted by Crippen LogP contribution is -2.28. The van der Waals surface area contributed by atoms with E-state index in [4.69, 9.17) is 4.74 Å². The molecule has 1 N–H and O–H groups in total. The maximum atomic E-state index is 13.3. The molecule has 0 saturated heterocycles. The predicted octanol–water partition coefficient (Wildman–Crippen LogP) is 3.53. The molecule has 0 radical (unpaired) electrons. The predicted molar refractivity (Wildman–Crippen MR) is 75.7 cm³/mol. The summed E-state index contributed by atoms with van der Waals surface area (Å²) in [5.74, 6) is 0.741. The molecule has 0 unspecified atom stereocenters. The number of halogens is 1. The first-order chi connectivity index (χ1) is 8.84. The maximum Gasteiger partial charge on any atom is 0.218 e. The summed E-state index contributed by atoms with van der Waals surface area (Å²) in [6, 6.07) is 1.49. The first-order valence-electron chi connectivity index (χ1n) is 6.88. The first-order valence-corrected chi connectivity index (χ1v) is 6.88. The number of hydrogen-bond acceptors (Lipinski definition) is 3. The smallest absolute Gasteiger partial charge is 0.218 e. The van der Waals surface area contributed by atoms with E-state index in [0.717, 1.165) is 18.5 Å². The molecule has 0 aliphatic heterocycles. The van der Waals surface area contributed by atoms with E-state index >= 15 is 0 Å². The van der Waals surface area contributed by atoms with Gasteiger partial charge in [-0.1, -0.05) is 20.8 Å². The van der Waals surface area contributed by atoms with Crippen LogP contribution in [0.25, 0.3) is 0 Å². The third-order valence-electron chi connectivity index (χ3n) is 2.98. The van der Waals surface area contributed by atoms with Crippen LogP contribution in [0.1, 0.15) is 46.6 Å². The van der Waals surface area contributed by atoms with E-state index < -0.39 is 0 Å². The van der Waals surface area contributed by atoms with Crippen LogP contribution in [0.4, 0.5) is 4.39 Å². The number of pyridine rings is 1. The van der Waals surface area contributed by atoms with Gasteiger partial charge in [-0.2, -0.15) is 0 Å². The molecule has 0 aromatic carbocycles. The Bertz CT molecular complexity index is 405. The van der Waals surface area contributed by atoms with Crippen molar-refractivity contribution >= 4 is 0 Å². The summed E-state index contributed by atoms with van der Waals surface area (Å²) in [7, 11) is 0. The summed E-state index contributed by atoms with van der Waals surface area (Å²) in [6.07, 6.45) is 2.07. The second kappa shape index (κ2) is 6.85. The van der Waals surface area contributed by atoms with Gasteiger partial charge in [0.1, 0.15) is 11.4 Å². The van der Waals surface area contributed by atoms with Crippen LogP contribution in [0.2, 0.25) is 0 Å². The van der Waals surface area contributed by atoms with Gasteiger partial charge >= 0.3 is 0 Å². The van der Waals surface area contributed by atoms with E-state index in [9.17, 15) is 4.39 Å². The number of rotatable bonds is 7. The number of nitrogens with one attached hydrogen (secondary N) is 1. The SMILES string of the molecule is CCC(C)(C)Oc1ncc(F)cc1CNCC(C)C. The molecule has 0 aliphatic carbocycles. The van der Waals surface area contributed by atoms with Gasteiger partial charge < -0.3 is 10.1 Å². The van der Waals surface area contributed by atoms with Crippen molar-refractivity contribution in [1.29, 1.82) is 0 Å². The Hall–Kier alpha value is -1.16.